The highest BCUT2D eigenvalue weighted by Gasteiger charge is 2.25. The largest absolute Gasteiger partial charge is 0.308 e. The van der Waals surface area contributed by atoms with Crippen LogP contribution in [0.3, 0.4) is 0 Å². The summed E-state index contributed by atoms with van der Waals surface area (Å²) in [6.07, 6.45) is 3.81. The molecule has 0 bridgehead atoms. The zero-order valence-corrected chi connectivity index (χ0v) is 13.1. The van der Waals surface area contributed by atoms with Gasteiger partial charge in [0.1, 0.15) is 0 Å². The molecule has 114 valence electrons. The van der Waals surface area contributed by atoms with E-state index in [1.165, 1.54) is 5.56 Å². The molecule has 0 fully saturated rings. The molecule has 0 unspecified atom stereocenters. The number of pyridine rings is 1. The van der Waals surface area contributed by atoms with Gasteiger partial charge < -0.3 is 4.90 Å². The maximum absolute atomic E-state index is 13.2. The van der Waals surface area contributed by atoms with Crippen LogP contribution in [0.2, 0.25) is 0 Å². The van der Waals surface area contributed by atoms with E-state index in [2.05, 4.69) is 30.1 Å². The Morgan fingerprint density at radius 3 is 2.87 bits per heavy atom. The molecule has 3 nitrogen and oxygen atoms in total. The Labute approximate surface area is 135 Å². The minimum Gasteiger partial charge on any atom is -0.308 e. The highest BCUT2D eigenvalue weighted by atomic mass is 16.2. The van der Waals surface area contributed by atoms with Gasteiger partial charge in [0.25, 0.3) is 5.91 Å². The number of amides is 1. The Balaban J connectivity index is 1.85. The van der Waals surface area contributed by atoms with E-state index in [0.29, 0.717) is 0 Å². The van der Waals surface area contributed by atoms with E-state index >= 15 is 0 Å². The van der Waals surface area contributed by atoms with Crippen molar-refractivity contribution in [3.63, 3.8) is 0 Å². The number of rotatable bonds is 1. The number of hydrogen-bond acceptors (Lipinski definition) is 2. The van der Waals surface area contributed by atoms with Crippen molar-refractivity contribution in [1.29, 1.82) is 0 Å². The van der Waals surface area contributed by atoms with Crippen molar-refractivity contribution in [2.75, 3.05) is 11.4 Å². The van der Waals surface area contributed by atoms with Crippen LogP contribution in [0.4, 0.5) is 5.69 Å². The van der Waals surface area contributed by atoms with Crippen molar-refractivity contribution in [2.24, 2.45) is 0 Å². The van der Waals surface area contributed by atoms with Crippen molar-refractivity contribution in [2.45, 2.75) is 19.8 Å². The highest BCUT2D eigenvalue weighted by molar-refractivity contribution is 6.14. The Hall–Kier alpha value is -2.68. The van der Waals surface area contributed by atoms with Crippen LogP contribution in [0.25, 0.3) is 10.9 Å². The van der Waals surface area contributed by atoms with E-state index in [9.17, 15) is 4.79 Å². The molecule has 0 radical (unpaired) electrons. The van der Waals surface area contributed by atoms with Crippen molar-refractivity contribution in [3.05, 3.63) is 71.4 Å². The first-order valence-corrected chi connectivity index (χ1v) is 8.00. The van der Waals surface area contributed by atoms with Crippen LogP contribution in [0.5, 0.6) is 0 Å². The fraction of sp³-hybridized carbons (Fsp3) is 0.200. The molecule has 0 N–H and O–H groups in total. The second-order valence-electron chi connectivity index (χ2n) is 6.02. The van der Waals surface area contributed by atoms with Crippen LogP contribution < -0.4 is 4.90 Å². The standard InChI is InChI=1S/C20H18N2O/c1-14-6-2-7-15-8-5-13-22(19(14)15)20(23)17-9-3-11-18-16(17)10-4-12-21-18/h2-4,6-7,9-12H,5,8,13H2,1H3. The number of hydrogen-bond donors (Lipinski definition) is 0. The summed E-state index contributed by atoms with van der Waals surface area (Å²) in [7, 11) is 0. The first-order chi connectivity index (χ1) is 11.3. The van der Waals surface area contributed by atoms with E-state index in [1.54, 1.807) is 6.20 Å². The average Bonchev–Trinajstić information content (AvgIpc) is 2.60. The van der Waals surface area contributed by atoms with Gasteiger partial charge in [-0.15, -0.1) is 0 Å². The molecule has 0 spiro atoms. The Morgan fingerprint density at radius 2 is 1.96 bits per heavy atom. The number of para-hydroxylation sites is 1. The maximum Gasteiger partial charge on any atom is 0.258 e. The SMILES string of the molecule is Cc1cccc2c1N(C(=O)c1cccc3ncccc13)CCC2. The zero-order chi connectivity index (χ0) is 15.8. The van der Waals surface area contributed by atoms with Gasteiger partial charge in [-0.3, -0.25) is 9.78 Å². The molecule has 1 aliphatic rings. The molecular weight excluding hydrogens is 284 g/mol. The van der Waals surface area contributed by atoms with Gasteiger partial charge in [0.05, 0.1) is 11.2 Å². The number of aryl methyl sites for hydroxylation is 2. The van der Waals surface area contributed by atoms with Crippen molar-refractivity contribution < 1.29 is 4.79 Å². The molecule has 0 saturated heterocycles. The van der Waals surface area contributed by atoms with Gasteiger partial charge in [0.2, 0.25) is 0 Å². The van der Waals surface area contributed by atoms with Gasteiger partial charge in [-0.2, -0.15) is 0 Å². The van der Waals surface area contributed by atoms with Crippen LogP contribution in [-0.2, 0) is 6.42 Å². The summed E-state index contributed by atoms with van der Waals surface area (Å²) in [5.74, 6) is 0.0684. The summed E-state index contributed by atoms with van der Waals surface area (Å²) in [4.78, 5) is 19.5. The zero-order valence-electron chi connectivity index (χ0n) is 13.1. The third-order valence-electron chi connectivity index (χ3n) is 4.54. The molecular formula is C20H18N2O. The Bertz CT molecular complexity index is 896. The number of aromatic nitrogens is 1. The van der Waals surface area contributed by atoms with E-state index in [0.717, 1.165) is 47.1 Å². The van der Waals surface area contributed by atoms with Crippen molar-refractivity contribution in [1.82, 2.24) is 4.98 Å². The summed E-state index contributed by atoms with van der Waals surface area (Å²) >= 11 is 0. The molecule has 0 saturated carbocycles. The van der Waals surface area contributed by atoms with Crippen LogP contribution in [0, 0.1) is 6.92 Å². The van der Waals surface area contributed by atoms with Gasteiger partial charge in [0, 0.05) is 23.7 Å². The van der Waals surface area contributed by atoms with Gasteiger partial charge >= 0.3 is 0 Å². The van der Waals surface area contributed by atoms with Gasteiger partial charge in [-0.25, -0.2) is 0 Å². The summed E-state index contributed by atoms with van der Waals surface area (Å²) in [6, 6.07) is 15.9. The minimum atomic E-state index is 0.0684. The number of fused-ring (bicyclic) bond motifs is 2. The lowest BCUT2D eigenvalue weighted by atomic mass is 9.97. The third kappa shape index (κ3) is 2.29. The fourth-order valence-corrected chi connectivity index (χ4v) is 3.49. The lowest BCUT2D eigenvalue weighted by molar-refractivity contribution is 0.0986. The third-order valence-corrected chi connectivity index (χ3v) is 4.54. The number of anilines is 1. The predicted octanol–water partition coefficient (Wildman–Crippen LogP) is 4.14. The first-order valence-electron chi connectivity index (χ1n) is 8.00. The molecule has 2 aromatic carbocycles. The van der Waals surface area contributed by atoms with E-state index in [1.807, 2.05) is 35.2 Å². The second-order valence-corrected chi connectivity index (χ2v) is 6.02. The van der Waals surface area contributed by atoms with Crippen LogP contribution in [0.15, 0.2) is 54.7 Å². The van der Waals surface area contributed by atoms with E-state index in [-0.39, 0.29) is 5.91 Å². The number of benzene rings is 2. The number of carbonyl (C=O) groups excluding carboxylic acids is 1. The molecule has 3 aromatic rings. The summed E-state index contributed by atoms with van der Waals surface area (Å²) in [5, 5.41) is 0.917. The first kappa shape index (κ1) is 13.9. The number of nitrogens with zero attached hydrogens (tertiary/aromatic N) is 2. The monoisotopic (exact) mass is 302 g/mol. The predicted molar refractivity (Wildman–Crippen MR) is 92.9 cm³/mol. The molecule has 1 aromatic heterocycles. The molecule has 1 aliphatic heterocycles. The number of carbonyl (C=O) groups is 1. The van der Waals surface area contributed by atoms with Gasteiger partial charge in [0.15, 0.2) is 0 Å². The molecule has 0 aliphatic carbocycles. The van der Waals surface area contributed by atoms with Crippen LogP contribution >= 0.6 is 0 Å². The Morgan fingerprint density at radius 1 is 1.09 bits per heavy atom. The molecule has 0 atom stereocenters. The lowest BCUT2D eigenvalue weighted by Crippen LogP contribution is -2.36. The Kier molecular flexibility index (Phi) is 3.34. The smallest absolute Gasteiger partial charge is 0.258 e. The fourth-order valence-electron chi connectivity index (χ4n) is 3.49. The average molecular weight is 302 g/mol. The minimum absolute atomic E-state index is 0.0684. The van der Waals surface area contributed by atoms with Crippen LogP contribution in [0.1, 0.15) is 27.9 Å². The summed E-state index contributed by atoms with van der Waals surface area (Å²) in [5.41, 5.74) is 5.11. The van der Waals surface area contributed by atoms with Gasteiger partial charge in [-0.1, -0.05) is 30.3 Å². The van der Waals surface area contributed by atoms with Crippen molar-refractivity contribution in [3.8, 4) is 0 Å². The van der Waals surface area contributed by atoms with Gasteiger partial charge in [-0.05, 0) is 49.1 Å². The normalized spacial score (nSPS) is 13.9. The summed E-state index contributed by atoms with van der Waals surface area (Å²) < 4.78 is 0. The maximum atomic E-state index is 13.2. The van der Waals surface area contributed by atoms with E-state index in [4.69, 9.17) is 0 Å². The second kappa shape index (κ2) is 5.51. The molecule has 1 amide bonds. The molecule has 2 heterocycles. The highest BCUT2D eigenvalue weighted by Crippen LogP contribution is 2.32. The summed E-state index contributed by atoms with van der Waals surface area (Å²) in [6.45, 7) is 2.85. The molecule has 4 rings (SSSR count). The lowest BCUT2D eigenvalue weighted by Gasteiger charge is -2.31. The van der Waals surface area contributed by atoms with Crippen LogP contribution in [-0.4, -0.2) is 17.4 Å². The van der Waals surface area contributed by atoms with E-state index < -0.39 is 0 Å². The molecule has 23 heavy (non-hydrogen) atoms. The molecule has 3 heteroatoms. The quantitative estimate of drug-likeness (QED) is 0.677. The topological polar surface area (TPSA) is 33.2 Å². The van der Waals surface area contributed by atoms with Crippen molar-refractivity contribution >= 4 is 22.5 Å².